The van der Waals surface area contributed by atoms with Crippen LogP contribution < -0.4 is 5.32 Å². The predicted molar refractivity (Wildman–Crippen MR) is 59.7 cm³/mol. The topological polar surface area (TPSA) is 41.6 Å². The fourth-order valence-electron chi connectivity index (χ4n) is 1.76. The third kappa shape index (κ3) is 4.18. The second-order valence-electron chi connectivity index (χ2n) is 4.38. The van der Waals surface area contributed by atoms with Gasteiger partial charge in [-0.15, -0.1) is 0 Å². The van der Waals surface area contributed by atoms with Crippen LogP contribution in [0.1, 0.15) is 26.7 Å². The van der Waals surface area contributed by atoms with E-state index < -0.39 is 0 Å². The second-order valence-corrected chi connectivity index (χ2v) is 4.38. The smallest absolute Gasteiger partial charge is 0.236 e. The molecule has 0 aromatic rings. The average molecular weight is 214 g/mol. The zero-order valence-corrected chi connectivity index (χ0v) is 9.95. The fourth-order valence-corrected chi connectivity index (χ4v) is 1.76. The van der Waals surface area contributed by atoms with Crippen LogP contribution in [0.3, 0.4) is 0 Å². The minimum absolute atomic E-state index is 0.186. The van der Waals surface area contributed by atoms with Crippen LogP contribution in [-0.4, -0.2) is 49.7 Å². The lowest BCUT2D eigenvalue weighted by atomic mass is 10.1. The molecule has 1 rings (SSSR count). The maximum Gasteiger partial charge on any atom is 0.236 e. The Kier molecular flexibility index (Phi) is 5.05. The van der Waals surface area contributed by atoms with Gasteiger partial charge in [-0.25, -0.2) is 0 Å². The number of hydrogen-bond acceptors (Lipinski definition) is 3. The van der Waals surface area contributed by atoms with Gasteiger partial charge in [0.2, 0.25) is 5.91 Å². The van der Waals surface area contributed by atoms with Gasteiger partial charge in [-0.3, -0.25) is 4.79 Å². The third-order valence-corrected chi connectivity index (χ3v) is 2.73. The van der Waals surface area contributed by atoms with Crippen LogP contribution >= 0.6 is 0 Å². The molecule has 4 nitrogen and oxygen atoms in total. The summed E-state index contributed by atoms with van der Waals surface area (Å²) in [7, 11) is 1.71. The number of carbonyl (C=O) groups excluding carboxylic acids is 1. The van der Waals surface area contributed by atoms with Crippen molar-refractivity contribution in [2.24, 2.45) is 0 Å². The molecule has 1 aliphatic rings. The number of hydrogen-bond donors (Lipinski definition) is 1. The van der Waals surface area contributed by atoms with Crippen molar-refractivity contribution in [3.8, 4) is 0 Å². The van der Waals surface area contributed by atoms with Crippen molar-refractivity contribution in [3.63, 3.8) is 0 Å². The van der Waals surface area contributed by atoms with Gasteiger partial charge in [0.25, 0.3) is 0 Å². The summed E-state index contributed by atoms with van der Waals surface area (Å²) >= 11 is 0. The molecule has 88 valence electrons. The zero-order chi connectivity index (χ0) is 11.3. The number of carbonyl (C=O) groups is 1. The van der Waals surface area contributed by atoms with Crippen LogP contribution in [0.25, 0.3) is 0 Å². The predicted octanol–water partition coefficient (Wildman–Crippen LogP) is 0.622. The first-order valence-electron chi connectivity index (χ1n) is 5.67. The molecule has 1 aliphatic heterocycles. The maximum absolute atomic E-state index is 11.8. The van der Waals surface area contributed by atoms with Crippen molar-refractivity contribution >= 4 is 5.91 Å². The molecule has 1 unspecified atom stereocenters. The quantitative estimate of drug-likeness (QED) is 0.746. The number of piperidine rings is 1. The minimum Gasteiger partial charge on any atom is -0.380 e. The Hall–Kier alpha value is -0.610. The molecule has 0 radical (unpaired) electrons. The van der Waals surface area contributed by atoms with Gasteiger partial charge in [0.05, 0.1) is 12.6 Å². The monoisotopic (exact) mass is 214 g/mol. The van der Waals surface area contributed by atoms with Gasteiger partial charge in [-0.05, 0) is 12.8 Å². The van der Waals surface area contributed by atoms with E-state index in [0.29, 0.717) is 12.6 Å². The standard InChI is InChI=1S/C11H22N2O2/c1-9(2)12-7-11(14)13-6-4-5-10(8-13)15-3/h9-10,12H,4-8H2,1-3H3. The Balaban J connectivity index is 2.32. The SMILES string of the molecule is COC1CCCN(C(=O)CNC(C)C)C1. The summed E-state index contributed by atoms with van der Waals surface area (Å²) in [4.78, 5) is 13.7. The molecule has 4 heteroatoms. The van der Waals surface area contributed by atoms with Gasteiger partial charge in [-0.1, -0.05) is 13.8 Å². The summed E-state index contributed by atoms with van der Waals surface area (Å²) in [6.07, 6.45) is 2.34. The number of methoxy groups -OCH3 is 1. The van der Waals surface area contributed by atoms with Crippen LogP contribution in [0, 0.1) is 0 Å². The van der Waals surface area contributed by atoms with Crippen LogP contribution in [0.15, 0.2) is 0 Å². The normalized spacial score (nSPS) is 22.1. The first-order chi connectivity index (χ1) is 7.13. The van der Waals surface area contributed by atoms with Crippen molar-refractivity contribution in [1.29, 1.82) is 0 Å². The summed E-state index contributed by atoms with van der Waals surface area (Å²) in [5.41, 5.74) is 0. The van der Waals surface area contributed by atoms with Crippen molar-refractivity contribution in [2.45, 2.75) is 38.8 Å². The first-order valence-corrected chi connectivity index (χ1v) is 5.67. The highest BCUT2D eigenvalue weighted by Crippen LogP contribution is 2.12. The van der Waals surface area contributed by atoms with Crippen LogP contribution in [0.2, 0.25) is 0 Å². The van der Waals surface area contributed by atoms with E-state index >= 15 is 0 Å². The molecule has 0 bridgehead atoms. The molecule has 1 atom stereocenters. The van der Waals surface area contributed by atoms with Crippen LogP contribution in [0.5, 0.6) is 0 Å². The molecule has 1 heterocycles. The number of amides is 1. The number of nitrogens with one attached hydrogen (secondary N) is 1. The molecule has 1 N–H and O–H groups in total. The lowest BCUT2D eigenvalue weighted by molar-refractivity contribution is -0.133. The average Bonchev–Trinajstić information content (AvgIpc) is 2.26. The Labute approximate surface area is 92.0 Å². The van der Waals surface area contributed by atoms with Gasteiger partial charge >= 0.3 is 0 Å². The van der Waals surface area contributed by atoms with Gasteiger partial charge in [0.15, 0.2) is 0 Å². The van der Waals surface area contributed by atoms with Crippen molar-refractivity contribution in [3.05, 3.63) is 0 Å². The summed E-state index contributed by atoms with van der Waals surface area (Å²) in [5.74, 6) is 0.186. The highest BCUT2D eigenvalue weighted by atomic mass is 16.5. The Morgan fingerprint density at radius 2 is 2.33 bits per heavy atom. The summed E-state index contributed by atoms with van der Waals surface area (Å²) in [5, 5.41) is 3.14. The van der Waals surface area contributed by atoms with Crippen LogP contribution in [0.4, 0.5) is 0 Å². The molecule has 15 heavy (non-hydrogen) atoms. The maximum atomic E-state index is 11.8. The van der Waals surface area contributed by atoms with E-state index in [-0.39, 0.29) is 12.0 Å². The molecule has 0 aliphatic carbocycles. The first kappa shape index (κ1) is 12.5. The molecule has 0 spiro atoms. The summed E-state index contributed by atoms with van der Waals surface area (Å²) in [6, 6.07) is 0.358. The van der Waals surface area contributed by atoms with Gasteiger partial charge < -0.3 is 15.0 Å². The molecule has 1 amide bonds. The van der Waals surface area contributed by atoms with E-state index in [0.717, 1.165) is 25.9 Å². The summed E-state index contributed by atoms with van der Waals surface area (Å²) < 4.78 is 5.28. The van der Waals surface area contributed by atoms with Crippen molar-refractivity contribution < 1.29 is 9.53 Å². The van der Waals surface area contributed by atoms with Crippen LogP contribution in [-0.2, 0) is 9.53 Å². The number of ether oxygens (including phenoxy) is 1. The van der Waals surface area contributed by atoms with E-state index in [1.54, 1.807) is 7.11 Å². The van der Waals surface area contributed by atoms with Crippen molar-refractivity contribution in [2.75, 3.05) is 26.7 Å². The van der Waals surface area contributed by atoms with Gasteiger partial charge in [-0.2, -0.15) is 0 Å². The van der Waals surface area contributed by atoms with E-state index in [4.69, 9.17) is 4.74 Å². The highest BCUT2D eigenvalue weighted by Gasteiger charge is 2.22. The third-order valence-electron chi connectivity index (χ3n) is 2.73. The number of nitrogens with zero attached hydrogens (tertiary/aromatic N) is 1. The largest absolute Gasteiger partial charge is 0.380 e. The van der Waals surface area contributed by atoms with E-state index in [2.05, 4.69) is 5.32 Å². The lowest BCUT2D eigenvalue weighted by Crippen LogP contribution is -2.47. The Bertz CT molecular complexity index is 207. The molecule has 0 aromatic carbocycles. The van der Waals surface area contributed by atoms with Gasteiger partial charge in [0, 0.05) is 26.2 Å². The fraction of sp³-hybridized carbons (Fsp3) is 0.909. The summed E-state index contributed by atoms with van der Waals surface area (Å²) in [6.45, 7) is 6.14. The molecule has 1 saturated heterocycles. The lowest BCUT2D eigenvalue weighted by Gasteiger charge is -2.32. The Morgan fingerprint density at radius 3 is 2.93 bits per heavy atom. The molecular formula is C11H22N2O2. The molecule has 1 fully saturated rings. The van der Waals surface area contributed by atoms with Crippen molar-refractivity contribution in [1.82, 2.24) is 10.2 Å². The van der Waals surface area contributed by atoms with E-state index in [9.17, 15) is 4.79 Å². The van der Waals surface area contributed by atoms with Gasteiger partial charge in [0.1, 0.15) is 0 Å². The Morgan fingerprint density at radius 1 is 1.60 bits per heavy atom. The molecule has 0 aromatic heterocycles. The number of rotatable bonds is 4. The minimum atomic E-state index is 0.186. The molecular weight excluding hydrogens is 192 g/mol. The number of likely N-dealkylation sites (tertiary alicyclic amines) is 1. The molecule has 0 saturated carbocycles. The second kappa shape index (κ2) is 6.08. The zero-order valence-electron chi connectivity index (χ0n) is 9.95. The van der Waals surface area contributed by atoms with E-state index in [1.807, 2.05) is 18.7 Å². The highest BCUT2D eigenvalue weighted by molar-refractivity contribution is 5.78. The van der Waals surface area contributed by atoms with E-state index in [1.165, 1.54) is 0 Å².